The van der Waals surface area contributed by atoms with Gasteiger partial charge in [-0.05, 0) is 65.7 Å². The number of piperidine rings is 2. The molecule has 2 aliphatic heterocycles. The van der Waals surface area contributed by atoms with Gasteiger partial charge in [0, 0.05) is 19.0 Å². The maximum absolute atomic E-state index is 4.54. The van der Waals surface area contributed by atoms with Crippen molar-refractivity contribution in [2.75, 3.05) is 26.2 Å². The molecule has 124 valence electrons. The normalized spacial score (nSPS) is 22.5. The highest BCUT2D eigenvalue weighted by Crippen LogP contribution is 2.27. The van der Waals surface area contributed by atoms with Crippen LogP contribution in [-0.2, 0) is 13.6 Å². The molecule has 2 aliphatic rings. The summed E-state index contributed by atoms with van der Waals surface area (Å²) < 4.78 is 2.27. The van der Waals surface area contributed by atoms with Crippen molar-refractivity contribution in [3.8, 4) is 0 Å². The van der Waals surface area contributed by atoms with Crippen molar-refractivity contribution in [2.24, 2.45) is 7.05 Å². The minimum atomic E-state index is 0.586. The Hall–Kier alpha value is -0.940. The number of nitrogens with zero attached hydrogens (tertiary/aromatic N) is 5. The van der Waals surface area contributed by atoms with Crippen LogP contribution in [0.15, 0.2) is 0 Å². The molecule has 0 aromatic carbocycles. The first kappa shape index (κ1) is 15.9. The minimum Gasteiger partial charge on any atom is -0.317 e. The highest BCUT2D eigenvalue weighted by Gasteiger charge is 2.26. The van der Waals surface area contributed by atoms with Crippen molar-refractivity contribution in [3.63, 3.8) is 0 Å². The largest absolute Gasteiger partial charge is 0.317 e. The van der Waals surface area contributed by atoms with Crippen LogP contribution in [0, 0.1) is 0 Å². The van der Waals surface area contributed by atoms with Crippen LogP contribution in [-0.4, -0.2) is 56.8 Å². The summed E-state index contributed by atoms with van der Waals surface area (Å²) in [7, 11) is 2.16. The van der Waals surface area contributed by atoms with Gasteiger partial charge in [-0.25, -0.2) is 0 Å². The Bertz CT molecular complexity index is 467. The molecule has 2 saturated heterocycles. The molecule has 0 atom stereocenters. The van der Waals surface area contributed by atoms with Gasteiger partial charge in [0.2, 0.25) is 0 Å². The lowest BCUT2D eigenvalue weighted by Crippen LogP contribution is -2.38. The summed E-state index contributed by atoms with van der Waals surface area (Å²) in [5.74, 6) is 2.93. The summed E-state index contributed by atoms with van der Waals surface area (Å²) in [6.07, 6.45) is 6.48. The zero-order chi connectivity index (χ0) is 15.5. The van der Waals surface area contributed by atoms with E-state index in [-0.39, 0.29) is 0 Å². The lowest BCUT2D eigenvalue weighted by atomic mass is 9.95. The standard InChI is InChI=1S/C17H31N5/c1-14(2)22-11-7-15(8-12-22)17-19-18-16(20(17)3)13-21-9-5-4-6-10-21/h14-15H,4-13H2,1-3H3. The highest BCUT2D eigenvalue weighted by molar-refractivity contribution is 5.03. The Morgan fingerprint density at radius 1 is 1.00 bits per heavy atom. The van der Waals surface area contributed by atoms with Crippen LogP contribution in [0.3, 0.4) is 0 Å². The Morgan fingerprint density at radius 2 is 1.68 bits per heavy atom. The van der Waals surface area contributed by atoms with Crippen molar-refractivity contribution in [3.05, 3.63) is 11.6 Å². The van der Waals surface area contributed by atoms with E-state index in [9.17, 15) is 0 Å². The summed E-state index contributed by atoms with van der Waals surface area (Å²) in [4.78, 5) is 5.10. The smallest absolute Gasteiger partial charge is 0.146 e. The third-order valence-electron chi connectivity index (χ3n) is 5.44. The number of rotatable bonds is 4. The molecule has 0 spiro atoms. The van der Waals surface area contributed by atoms with E-state index in [1.165, 1.54) is 64.1 Å². The Balaban J connectivity index is 1.61. The van der Waals surface area contributed by atoms with E-state index in [0.717, 1.165) is 12.4 Å². The van der Waals surface area contributed by atoms with Crippen LogP contribution in [0.2, 0.25) is 0 Å². The molecule has 1 aromatic heterocycles. The van der Waals surface area contributed by atoms with Crippen molar-refractivity contribution in [2.45, 2.75) is 64.5 Å². The summed E-state index contributed by atoms with van der Waals surface area (Å²) in [6, 6.07) is 0.662. The second-order valence-corrected chi connectivity index (χ2v) is 7.27. The Morgan fingerprint density at radius 3 is 2.32 bits per heavy atom. The van der Waals surface area contributed by atoms with Crippen LogP contribution >= 0.6 is 0 Å². The van der Waals surface area contributed by atoms with E-state index in [1.54, 1.807) is 0 Å². The summed E-state index contributed by atoms with van der Waals surface area (Å²) in [5.41, 5.74) is 0. The van der Waals surface area contributed by atoms with E-state index < -0.39 is 0 Å². The number of likely N-dealkylation sites (tertiary alicyclic amines) is 2. The quantitative estimate of drug-likeness (QED) is 0.856. The van der Waals surface area contributed by atoms with Crippen LogP contribution in [0.1, 0.15) is 63.5 Å². The van der Waals surface area contributed by atoms with Crippen molar-refractivity contribution in [1.82, 2.24) is 24.6 Å². The van der Waals surface area contributed by atoms with Gasteiger partial charge in [0.25, 0.3) is 0 Å². The summed E-state index contributed by atoms with van der Waals surface area (Å²) in [6.45, 7) is 10.4. The fraction of sp³-hybridized carbons (Fsp3) is 0.882. The zero-order valence-corrected chi connectivity index (χ0v) is 14.5. The molecule has 5 heteroatoms. The van der Waals surface area contributed by atoms with Gasteiger partial charge in [-0.1, -0.05) is 6.42 Å². The molecule has 1 aromatic rings. The molecule has 5 nitrogen and oxygen atoms in total. The lowest BCUT2D eigenvalue weighted by molar-refractivity contribution is 0.168. The van der Waals surface area contributed by atoms with E-state index >= 15 is 0 Å². The van der Waals surface area contributed by atoms with Gasteiger partial charge < -0.3 is 9.47 Å². The fourth-order valence-corrected chi connectivity index (χ4v) is 3.86. The maximum Gasteiger partial charge on any atom is 0.146 e. The molecule has 0 saturated carbocycles. The third kappa shape index (κ3) is 3.51. The van der Waals surface area contributed by atoms with Gasteiger partial charge in [-0.15, -0.1) is 10.2 Å². The first-order valence-electron chi connectivity index (χ1n) is 8.99. The van der Waals surface area contributed by atoms with Gasteiger partial charge in [-0.3, -0.25) is 4.90 Å². The number of hydrogen-bond acceptors (Lipinski definition) is 4. The SMILES string of the molecule is CC(C)N1CCC(c2nnc(CN3CCCCC3)n2C)CC1. The van der Waals surface area contributed by atoms with E-state index in [0.29, 0.717) is 12.0 Å². The van der Waals surface area contributed by atoms with Gasteiger partial charge in [0.05, 0.1) is 6.54 Å². The molecule has 22 heavy (non-hydrogen) atoms. The third-order valence-corrected chi connectivity index (χ3v) is 5.44. The lowest BCUT2D eigenvalue weighted by Gasteiger charge is -2.34. The predicted octanol–water partition coefficient (Wildman–Crippen LogP) is 2.39. The fourth-order valence-electron chi connectivity index (χ4n) is 3.86. The second kappa shape index (κ2) is 7.09. The second-order valence-electron chi connectivity index (χ2n) is 7.27. The molecule has 0 unspecified atom stereocenters. The summed E-state index contributed by atoms with van der Waals surface area (Å²) in [5, 5.41) is 9.04. The molecule has 0 radical (unpaired) electrons. The minimum absolute atomic E-state index is 0.586. The van der Waals surface area contributed by atoms with Gasteiger partial charge >= 0.3 is 0 Å². The monoisotopic (exact) mass is 305 g/mol. The molecule has 0 bridgehead atoms. The van der Waals surface area contributed by atoms with E-state index in [4.69, 9.17) is 0 Å². The summed E-state index contributed by atoms with van der Waals surface area (Å²) >= 11 is 0. The van der Waals surface area contributed by atoms with Crippen molar-refractivity contribution >= 4 is 0 Å². The van der Waals surface area contributed by atoms with Crippen LogP contribution < -0.4 is 0 Å². The molecule has 0 aliphatic carbocycles. The topological polar surface area (TPSA) is 37.2 Å². The average Bonchev–Trinajstić information content (AvgIpc) is 2.89. The van der Waals surface area contributed by atoms with Crippen LogP contribution in [0.4, 0.5) is 0 Å². The maximum atomic E-state index is 4.54. The predicted molar refractivity (Wildman–Crippen MR) is 88.8 cm³/mol. The molecule has 3 rings (SSSR count). The van der Waals surface area contributed by atoms with E-state index in [2.05, 4.69) is 45.5 Å². The molecule has 2 fully saturated rings. The van der Waals surface area contributed by atoms with Crippen LogP contribution in [0.5, 0.6) is 0 Å². The van der Waals surface area contributed by atoms with Crippen LogP contribution in [0.25, 0.3) is 0 Å². The van der Waals surface area contributed by atoms with Gasteiger partial charge in [0.1, 0.15) is 11.6 Å². The van der Waals surface area contributed by atoms with E-state index in [1.807, 2.05) is 0 Å². The number of hydrogen-bond donors (Lipinski definition) is 0. The Kier molecular flexibility index (Phi) is 5.14. The first-order chi connectivity index (χ1) is 10.6. The molecule has 0 N–H and O–H groups in total. The van der Waals surface area contributed by atoms with Crippen molar-refractivity contribution < 1.29 is 0 Å². The zero-order valence-electron chi connectivity index (χ0n) is 14.5. The first-order valence-corrected chi connectivity index (χ1v) is 8.99. The molecule has 3 heterocycles. The molecular formula is C17H31N5. The molecular weight excluding hydrogens is 274 g/mol. The number of aromatic nitrogens is 3. The Labute approximate surface area is 134 Å². The molecule has 0 amide bonds. The highest BCUT2D eigenvalue weighted by atomic mass is 15.3. The van der Waals surface area contributed by atoms with Gasteiger partial charge in [-0.2, -0.15) is 0 Å². The average molecular weight is 305 g/mol. The van der Waals surface area contributed by atoms with Gasteiger partial charge in [0.15, 0.2) is 0 Å². The van der Waals surface area contributed by atoms with Crippen molar-refractivity contribution in [1.29, 1.82) is 0 Å².